The molecule has 0 spiro atoms. The molecule has 0 saturated heterocycles. The summed E-state index contributed by atoms with van der Waals surface area (Å²) >= 11 is 0. The summed E-state index contributed by atoms with van der Waals surface area (Å²) in [5.41, 5.74) is 1.58. The van der Waals surface area contributed by atoms with Crippen molar-refractivity contribution in [3.63, 3.8) is 0 Å². The molecular formula is C34H55N3O3. The van der Waals surface area contributed by atoms with E-state index in [-0.39, 0.29) is 40.4 Å². The molecule has 40 heavy (non-hydrogen) atoms. The van der Waals surface area contributed by atoms with Crippen LogP contribution >= 0.6 is 0 Å². The van der Waals surface area contributed by atoms with Crippen LogP contribution in [0.3, 0.4) is 0 Å². The summed E-state index contributed by atoms with van der Waals surface area (Å²) in [4.78, 5) is 42.1. The maximum Gasteiger partial charge on any atom is 0.230 e. The molecule has 2 aliphatic rings. The maximum atomic E-state index is 13.9. The van der Waals surface area contributed by atoms with Gasteiger partial charge in [0.2, 0.25) is 17.7 Å². The number of hydrogen-bond acceptors (Lipinski definition) is 3. The smallest absolute Gasteiger partial charge is 0.230 e. The lowest BCUT2D eigenvalue weighted by molar-refractivity contribution is -0.124. The minimum absolute atomic E-state index is 0.00292. The van der Waals surface area contributed by atoms with Gasteiger partial charge in [0.1, 0.15) is 0 Å². The minimum atomic E-state index is -0.463. The molecule has 0 aromatic heterocycles. The van der Waals surface area contributed by atoms with Crippen molar-refractivity contribution >= 4 is 34.8 Å². The molecule has 2 N–H and O–H groups in total. The highest BCUT2D eigenvalue weighted by atomic mass is 16.2. The van der Waals surface area contributed by atoms with E-state index in [9.17, 15) is 14.4 Å². The highest BCUT2D eigenvalue weighted by molar-refractivity contribution is 6.00. The van der Waals surface area contributed by atoms with Gasteiger partial charge in [-0.25, -0.2) is 0 Å². The molecule has 6 nitrogen and oxygen atoms in total. The molecule has 1 aromatic carbocycles. The van der Waals surface area contributed by atoms with Gasteiger partial charge in [-0.2, -0.15) is 0 Å². The third kappa shape index (κ3) is 9.07. The van der Waals surface area contributed by atoms with Crippen LogP contribution < -0.4 is 15.5 Å². The van der Waals surface area contributed by atoms with Crippen LogP contribution in [-0.2, 0) is 14.4 Å². The Morgan fingerprint density at radius 3 is 1.77 bits per heavy atom. The maximum absolute atomic E-state index is 13.9. The molecule has 0 heterocycles. The van der Waals surface area contributed by atoms with Gasteiger partial charge < -0.3 is 15.5 Å². The van der Waals surface area contributed by atoms with Gasteiger partial charge in [-0.15, -0.1) is 0 Å². The van der Waals surface area contributed by atoms with Gasteiger partial charge in [-0.1, -0.05) is 60.8 Å². The Bertz CT molecular complexity index is 1040. The molecule has 6 heteroatoms. The van der Waals surface area contributed by atoms with E-state index >= 15 is 0 Å². The molecule has 3 rings (SSSR count). The molecular weight excluding hydrogens is 498 g/mol. The van der Waals surface area contributed by atoms with Gasteiger partial charge in [0.15, 0.2) is 0 Å². The summed E-state index contributed by atoms with van der Waals surface area (Å²) < 4.78 is 0. The van der Waals surface area contributed by atoms with Gasteiger partial charge in [0, 0.05) is 40.9 Å². The van der Waals surface area contributed by atoms with Gasteiger partial charge in [-0.3, -0.25) is 14.4 Å². The highest BCUT2D eigenvalue weighted by Gasteiger charge is 2.35. The van der Waals surface area contributed by atoms with E-state index in [1.54, 1.807) is 0 Å². The SMILES string of the molecule is CC(C)(C)CC(=O)Nc1cc(NC(=O)[C@H]2CC[C@@H](C(C)(C)C)CC2)cc(N(C(=O)C2CCCCC2)C(C)(C)C)c1. The summed E-state index contributed by atoms with van der Waals surface area (Å²) in [7, 11) is 0. The first-order valence-corrected chi connectivity index (χ1v) is 15.5. The number of nitrogens with zero attached hydrogens (tertiary/aromatic N) is 1. The number of anilines is 3. The van der Waals surface area contributed by atoms with E-state index in [0.717, 1.165) is 51.4 Å². The molecule has 0 aliphatic heterocycles. The number of amides is 3. The molecule has 0 unspecified atom stereocenters. The van der Waals surface area contributed by atoms with Crippen molar-refractivity contribution in [2.24, 2.45) is 28.6 Å². The zero-order valence-corrected chi connectivity index (χ0v) is 26.7. The quantitative estimate of drug-likeness (QED) is 0.370. The van der Waals surface area contributed by atoms with E-state index < -0.39 is 5.54 Å². The van der Waals surface area contributed by atoms with Crippen molar-refractivity contribution < 1.29 is 14.4 Å². The van der Waals surface area contributed by atoms with E-state index in [1.165, 1.54) is 6.42 Å². The van der Waals surface area contributed by atoms with E-state index in [0.29, 0.717) is 29.4 Å². The molecule has 224 valence electrons. The number of carbonyl (C=O) groups excluding carboxylic acids is 3. The molecule has 2 fully saturated rings. The molecule has 2 aliphatic carbocycles. The van der Waals surface area contributed by atoms with Crippen molar-refractivity contribution in [3.8, 4) is 0 Å². The minimum Gasteiger partial charge on any atom is -0.326 e. The number of hydrogen-bond donors (Lipinski definition) is 2. The molecule has 0 atom stereocenters. The molecule has 0 radical (unpaired) electrons. The summed E-state index contributed by atoms with van der Waals surface area (Å²) in [6.45, 7) is 19.1. The first-order valence-electron chi connectivity index (χ1n) is 15.5. The van der Waals surface area contributed by atoms with Gasteiger partial charge >= 0.3 is 0 Å². The standard InChI is InChI=1S/C34H55N3O3/c1-32(2,3)22-29(38)35-26-19-27(36-30(39)23-15-17-25(18-16-23)33(4,5)6)21-28(20-26)37(34(7,8)9)31(40)24-13-11-10-12-14-24/h19-21,23-25H,10-18,22H2,1-9H3,(H,35,38)(H,36,39)/t23-,25+. The Balaban J connectivity index is 1.91. The lowest BCUT2D eigenvalue weighted by atomic mass is 9.69. The highest BCUT2D eigenvalue weighted by Crippen LogP contribution is 2.40. The summed E-state index contributed by atoms with van der Waals surface area (Å²) in [6, 6.07) is 5.62. The van der Waals surface area contributed by atoms with Crippen LogP contribution in [0.15, 0.2) is 18.2 Å². The number of benzene rings is 1. The van der Waals surface area contributed by atoms with Crippen LogP contribution in [0.1, 0.15) is 127 Å². The van der Waals surface area contributed by atoms with E-state index in [1.807, 2.05) is 64.6 Å². The zero-order valence-electron chi connectivity index (χ0n) is 26.7. The number of nitrogens with one attached hydrogen (secondary N) is 2. The van der Waals surface area contributed by atoms with Crippen molar-refractivity contribution in [2.75, 3.05) is 15.5 Å². The van der Waals surface area contributed by atoms with Crippen molar-refractivity contribution in [1.29, 1.82) is 0 Å². The Kier molecular flexibility index (Phi) is 10.2. The number of carbonyl (C=O) groups is 3. The fourth-order valence-electron chi connectivity index (χ4n) is 6.41. The van der Waals surface area contributed by atoms with Crippen LogP contribution in [0.5, 0.6) is 0 Å². The Morgan fingerprint density at radius 2 is 1.27 bits per heavy atom. The Labute approximate surface area is 243 Å². The van der Waals surface area contributed by atoms with E-state index in [4.69, 9.17) is 0 Å². The first kappa shape index (κ1) is 32.1. The summed E-state index contributed by atoms with van der Waals surface area (Å²) in [5.74, 6) is 0.687. The first-order chi connectivity index (χ1) is 18.4. The average molecular weight is 554 g/mol. The van der Waals surface area contributed by atoms with Crippen molar-refractivity contribution in [2.45, 2.75) is 132 Å². The second-order valence-corrected chi connectivity index (χ2v) is 15.6. The van der Waals surface area contributed by atoms with Crippen LogP contribution in [0.2, 0.25) is 0 Å². The largest absolute Gasteiger partial charge is 0.326 e. The van der Waals surface area contributed by atoms with Gasteiger partial charge in [0.05, 0.1) is 0 Å². The monoisotopic (exact) mass is 553 g/mol. The van der Waals surface area contributed by atoms with Crippen LogP contribution in [-0.4, -0.2) is 23.3 Å². The normalized spacial score (nSPS) is 21.0. The van der Waals surface area contributed by atoms with Crippen LogP contribution in [0.4, 0.5) is 17.1 Å². The molecule has 1 aromatic rings. The molecule has 2 saturated carbocycles. The lowest BCUT2D eigenvalue weighted by Gasteiger charge is -2.39. The summed E-state index contributed by atoms with van der Waals surface area (Å²) in [6.07, 6.45) is 9.43. The lowest BCUT2D eigenvalue weighted by Crippen LogP contribution is -2.49. The van der Waals surface area contributed by atoms with Gasteiger partial charge in [-0.05, 0) is 94.2 Å². The fraction of sp³-hybridized carbons (Fsp3) is 0.735. The fourth-order valence-corrected chi connectivity index (χ4v) is 6.41. The van der Waals surface area contributed by atoms with Gasteiger partial charge in [0.25, 0.3) is 0 Å². The Hall–Kier alpha value is -2.37. The third-order valence-corrected chi connectivity index (χ3v) is 8.59. The number of rotatable bonds is 6. The van der Waals surface area contributed by atoms with E-state index in [2.05, 4.69) is 31.4 Å². The predicted molar refractivity (Wildman–Crippen MR) is 166 cm³/mol. The molecule has 0 bridgehead atoms. The third-order valence-electron chi connectivity index (χ3n) is 8.59. The van der Waals surface area contributed by atoms with Crippen LogP contribution in [0.25, 0.3) is 0 Å². The Morgan fingerprint density at radius 1 is 0.725 bits per heavy atom. The zero-order chi connectivity index (χ0) is 29.9. The average Bonchev–Trinajstić information content (AvgIpc) is 2.82. The molecule has 3 amide bonds. The van der Waals surface area contributed by atoms with Crippen molar-refractivity contribution in [1.82, 2.24) is 0 Å². The topological polar surface area (TPSA) is 78.5 Å². The second kappa shape index (κ2) is 12.7. The second-order valence-electron chi connectivity index (χ2n) is 15.6. The van der Waals surface area contributed by atoms with Crippen molar-refractivity contribution in [3.05, 3.63) is 18.2 Å². The predicted octanol–water partition coefficient (Wildman–Crippen LogP) is 8.56. The van der Waals surface area contributed by atoms with Crippen LogP contribution in [0, 0.1) is 28.6 Å². The summed E-state index contributed by atoms with van der Waals surface area (Å²) in [5, 5.41) is 6.22.